The molecule has 1 aromatic heterocycles. The Morgan fingerprint density at radius 3 is 2.90 bits per heavy atom. The predicted octanol–water partition coefficient (Wildman–Crippen LogP) is 2.35. The molecule has 1 aliphatic heterocycles. The SMILES string of the molecule is O=[N+]([O-])c1cc(F)cc(-c2nc(C3CCCN3)no2)c1F. The standard InChI is InChI=1S/C12H10F2N4O3/c13-6-4-7(10(14)9(5-6)18(19)20)12-16-11(17-21-12)8-2-1-3-15-8/h4-5,8,15H,1-3H2. The van der Waals surface area contributed by atoms with E-state index in [1.165, 1.54) is 0 Å². The van der Waals surface area contributed by atoms with Gasteiger partial charge in [0.25, 0.3) is 5.89 Å². The molecule has 0 amide bonds. The maximum absolute atomic E-state index is 14.0. The Balaban J connectivity index is 2.02. The summed E-state index contributed by atoms with van der Waals surface area (Å²) in [6.45, 7) is 0.814. The molecule has 110 valence electrons. The number of nitro groups is 1. The third kappa shape index (κ3) is 2.47. The average Bonchev–Trinajstić information content (AvgIpc) is 3.09. The van der Waals surface area contributed by atoms with E-state index in [0.29, 0.717) is 11.9 Å². The van der Waals surface area contributed by atoms with Gasteiger partial charge in [0, 0.05) is 0 Å². The van der Waals surface area contributed by atoms with Gasteiger partial charge in [-0.05, 0) is 25.5 Å². The number of hydrogen-bond acceptors (Lipinski definition) is 6. The van der Waals surface area contributed by atoms with Crippen LogP contribution in [0, 0.1) is 21.7 Å². The third-order valence-corrected chi connectivity index (χ3v) is 3.26. The number of rotatable bonds is 3. The molecule has 1 aliphatic rings. The van der Waals surface area contributed by atoms with Gasteiger partial charge in [0.05, 0.1) is 22.6 Å². The third-order valence-electron chi connectivity index (χ3n) is 3.26. The molecule has 21 heavy (non-hydrogen) atoms. The van der Waals surface area contributed by atoms with Crippen LogP contribution in [0.15, 0.2) is 16.7 Å². The summed E-state index contributed by atoms with van der Waals surface area (Å²) in [5, 5.41) is 17.5. The fraction of sp³-hybridized carbons (Fsp3) is 0.333. The zero-order chi connectivity index (χ0) is 15.0. The molecule has 0 spiro atoms. The van der Waals surface area contributed by atoms with Gasteiger partial charge in [-0.15, -0.1) is 0 Å². The number of aromatic nitrogens is 2. The van der Waals surface area contributed by atoms with Crippen LogP contribution in [0.2, 0.25) is 0 Å². The lowest BCUT2D eigenvalue weighted by Crippen LogP contribution is -2.14. The Hall–Kier alpha value is -2.42. The molecule has 1 saturated heterocycles. The van der Waals surface area contributed by atoms with Gasteiger partial charge < -0.3 is 9.84 Å². The molecule has 9 heteroatoms. The maximum atomic E-state index is 14.0. The molecular formula is C12H10F2N4O3. The number of nitrogens with one attached hydrogen (secondary N) is 1. The van der Waals surface area contributed by atoms with Crippen molar-refractivity contribution >= 4 is 5.69 Å². The van der Waals surface area contributed by atoms with Crippen molar-refractivity contribution < 1.29 is 18.2 Å². The molecule has 0 aliphatic carbocycles. The van der Waals surface area contributed by atoms with Crippen LogP contribution in [0.4, 0.5) is 14.5 Å². The highest BCUT2D eigenvalue weighted by Crippen LogP contribution is 2.30. The van der Waals surface area contributed by atoms with Gasteiger partial charge in [-0.2, -0.15) is 9.37 Å². The van der Waals surface area contributed by atoms with E-state index in [2.05, 4.69) is 15.5 Å². The molecule has 1 N–H and O–H groups in total. The second-order valence-corrected chi connectivity index (χ2v) is 4.65. The summed E-state index contributed by atoms with van der Waals surface area (Å²) in [5.74, 6) is -2.10. The summed E-state index contributed by atoms with van der Waals surface area (Å²) in [6.07, 6.45) is 1.76. The van der Waals surface area contributed by atoms with E-state index < -0.39 is 27.8 Å². The van der Waals surface area contributed by atoms with E-state index in [1.807, 2.05) is 0 Å². The van der Waals surface area contributed by atoms with Gasteiger partial charge in [0.2, 0.25) is 5.82 Å². The van der Waals surface area contributed by atoms with Crippen LogP contribution in [-0.2, 0) is 0 Å². The first kappa shape index (κ1) is 13.6. The summed E-state index contributed by atoms with van der Waals surface area (Å²) in [5.41, 5.74) is -1.39. The van der Waals surface area contributed by atoms with Crippen molar-refractivity contribution in [2.24, 2.45) is 0 Å². The first-order valence-corrected chi connectivity index (χ1v) is 6.27. The smallest absolute Gasteiger partial charge is 0.308 e. The molecule has 7 nitrogen and oxygen atoms in total. The van der Waals surface area contributed by atoms with Crippen LogP contribution in [0.3, 0.4) is 0 Å². The lowest BCUT2D eigenvalue weighted by Gasteiger charge is -2.02. The van der Waals surface area contributed by atoms with Gasteiger partial charge in [-0.25, -0.2) is 4.39 Å². The van der Waals surface area contributed by atoms with Crippen LogP contribution in [0.1, 0.15) is 24.7 Å². The van der Waals surface area contributed by atoms with Crippen molar-refractivity contribution in [3.8, 4) is 11.5 Å². The van der Waals surface area contributed by atoms with E-state index in [9.17, 15) is 18.9 Å². The van der Waals surface area contributed by atoms with E-state index >= 15 is 0 Å². The lowest BCUT2D eigenvalue weighted by molar-refractivity contribution is -0.387. The van der Waals surface area contributed by atoms with Crippen molar-refractivity contribution in [3.05, 3.63) is 39.7 Å². The number of hydrogen-bond donors (Lipinski definition) is 1. The highest BCUT2D eigenvalue weighted by Gasteiger charge is 2.27. The van der Waals surface area contributed by atoms with Crippen molar-refractivity contribution in [1.29, 1.82) is 0 Å². The van der Waals surface area contributed by atoms with Crippen molar-refractivity contribution in [2.45, 2.75) is 18.9 Å². The molecule has 1 atom stereocenters. The molecule has 1 unspecified atom stereocenters. The minimum Gasteiger partial charge on any atom is -0.334 e. The molecule has 0 saturated carbocycles. The predicted molar refractivity (Wildman–Crippen MR) is 66.3 cm³/mol. The molecule has 2 heterocycles. The molecule has 3 rings (SSSR count). The highest BCUT2D eigenvalue weighted by molar-refractivity contribution is 5.59. The van der Waals surface area contributed by atoms with Gasteiger partial charge >= 0.3 is 5.69 Å². The van der Waals surface area contributed by atoms with Crippen LogP contribution in [-0.4, -0.2) is 21.6 Å². The number of benzene rings is 1. The van der Waals surface area contributed by atoms with E-state index in [0.717, 1.165) is 25.5 Å². The summed E-state index contributed by atoms with van der Waals surface area (Å²) < 4.78 is 32.3. The Bertz CT molecular complexity index is 698. The van der Waals surface area contributed by atoms with Crippen LogP contribution in [0.5, 0.6) is 0 Å². The van der Waals surface area contributed by atoms with Crippen LogP contribution < -0.4 is 5.32 Å². The number of nitro benzene ring substituents is 1. The first-order chi connectivity index (χ1) is 10.1. The Morgan fingerprint density at radius 2 is 2.24 bits per heavy atom. The van der Waals surface area contributed by atoms with Crippen molar-refractivity contribution in [2.75, 3.05) is 6.54 Å². The van der Waals surface area contributed by atoms with Gasteiger partial charge in [0.1, 0.15) is 5.82 Å². The zero-order valence-electron chi connectivity index (χ0n) is 10.7. The second-order valence-electron chi connectivity index (χ2n) is 4.65. The fourth-order valence-electron chi connectivity index (χ4n) is 2.25. The lowest BCUT2D eigenvalue weighted by atomic mass is 10.1. The molecular weight excluding hydrogens is 286 g/mol. The zero-order valence-corrected chi connectivity index (χ0v) is 10.7. The molecule has 2 aromatic rings. The Morgan fingerprint density at radius 1 is 1.43 bits per heavy atom. The monoisotopic (exact) mass is 296 g/mol. The minimum atomic E-state index is -1.20. The van der Waals surface area contributed by atoms with Gasteiger partial charge in [-0.3, -0.25) is 10.1 Å². The maximum Gasteiger partial charge on any atom is 0.308 e. The van der Waals surface area contributed by atoms with Crippen molar-refractivity contribution in [1.82, 2.24) is 15.5 Å². The average molecular weight is 296 g/mol. The summed E-state index contributed by atoms with van der Waals surface area (Å²) in [6, 6.07) is 1.20. The largest absolute Gasteiger partial charge is 0.334 e. The molecule has 1 aromatic carbocycles. The van der Waals surface area contributed by atoms with Crippen molar-refractivity contribution in [3.63, 3.8) is 0 Å². The number of nitrogens with zero attached hydrogens (tertiary/aromatic N) is 3. The second kappa shape index (κ2) is 5.17. The fourth-order valence-corrected chi connectivity index (χ4v) is 2.25. The first-order valence-electron chi connectivity index (χ1n) is 6.27. The van der Waals surface area contributed by atoms with Gasteiger partial charge in [-0.1, -0.05) is 5.16 Å². The molecule has 0 radical (unpaired) electrons. The Labute approximate surface area is 117 Å². The normalized spacial score (nSPS) is 18.1. The number of halogens is 2. The quantitative estimate of drug-likeness (QED) is 0.690. The van der Waals surface area contributed by atoms with Crippen LogP contribution >= 0.6 is 0 Å². The van der Waals surface area contributed by atoms with E-state index in [4.69, 9.17) is 4.52 Å². The van der Waals surface area contributed by atoms with Gasteiger partial charge in [0.15, 0.2) is 5.82 Å². The van der Waals surface area contributed by atoms with E-state index in [-0.39, 0.29) is 11.9 Å². The summed E-state index contributed by atoms with van der Waals surface area (Å²) >= 11 is 0. The van der Waals surface area contributed by atoms with Crippen LogP contribution in [0.25, 0.3) is 11.5 Å². The summed E-state index contributed by atoms with van der Waals surface area (Å²) in [7, 11) is 0. The minimum absolute atomic E-state index is 0.103. The summed E-state index contributed by atoms with van der Waals surface area (Å²) in [4.78, 5) is 13.7. The molecule has 1 fully saturated rings. The highest BCUT2D eigenvalue weighted by atomic mass is 19.1. The topological polar surface area (TPSA) is 94.1 Å². The Kier molecular flexibility index (Phi) is 3.34. The van der Waals surface area contributed by atoms with E-state index in [1.54, 1.807) is 0 Å². The molecule has 0 bridgehead atoms.